The number of ketones is 1. The molecule has 1 amide bonds. The van der Waals surface area contributed by atoms with E-state index in [1.807, 2.05) is 23.4 Å². The number of anilines is 1. The Bertz CT molecular complexity index is 1440. The van der Waals surface area contributed by atoms with Gasteiger partial charge in [0.1, 0.15) is 11.3 Å². The number of carbonyl (C=O) groups excluding carboxylic acids is 2. The molecule has 5 rings (SSSR count). The summed E-state index contributed by atoms with van der Waals surface area (Å²) in [6, 6.07) is 8.66. The molecule has 12 nitrogen and oxygen atoms in total. The van der Waals surface area contributed by atoms with Crippen LogP contribution in [0.2, 0.25) is 0 Å². The van der Waals surface area contributed by atoms with Crippen molar-refractivity contribution in [3.63, 3.8) is 0 Å². The van der Waals surface area contributed by atoms with Crippen LogP contribution < -0.4 is 10.5 Å². The van der Waals surface area contributed by atoms with E-state index in [0.717, 1.165) is 18.6 Å². The number of benzene rings is 1. The summed E-state index contributed by atoms with van der Waals surface area (Å²) in [6.45, 7) is 5.67. The first-order valence-corrected chi connectivity index (χ1v) is 12.1. The number of hydrogen-bond donors (Lipinski definition) is 1. The van der Waals surface area contributed by atoms with Gasteiger partial charge in [-0.3, -0.25) is 9.59 Å². The Hall–Kier alpha value is -4.32. The van der Waals surface area contributed by atoms with Crippen molar-refractivity contribution in [3.8, 4) is 23.1 Å². The van der Waals surface area contributed by atoms with E-state index in [1.165, 1.54) is 0 Å². The lowest BCUT2D eigenvalue weighted by atomic mass is 10.1. The standard InChI is InChI=1S/C25H28N8O4/c1-3-33-19-14-21(27-15-18(19)28-25(33)23-24(26)30-37-29-23)36-17-6-4-5-16(13-17)20(34)7-8-22(35)32-11-9-31(2)10-12-32/h4-6,13-15H,3,7-12H2,1-2H3,(H2,26,30). The number of likely N-dealkylation sites (N-methyl/N-ethyl adjacent to an activating group) is 1. The second-order valence-electron chi connectivity index (χ2n) is 8.93. The zero-order chi connectivity index (χ0) is 25.9. The van der Waals surface area contributed by atoms with E-state index in [0.29, 0.717) is 53.9 Å². The van der Waals surface area contributed by atoms with Crippen LogP contribution in [0.25, 0.3) is 22.6 Å². The van der Waals surface area contributed by atoms with Gasteiger partial charge >= 0.3 is 0 Å². The molecule has 4 aromatic rings. The molecule has 0 radical (unpaired) electrons. The number of Topliss-reactive ketones (excluding diaryl/α,β-unsaturated/α-hetero) is 1. The fourth-order valence-corrected chi connectivity index (χ4v) is 4.35. The highest BCUT2D eigenvalue weighted by molar-refractivity contribution is 5.98. The molecule has 12 heteroatoms. The van der Waals surface area contributed by atoms with Gasteiger partial charge in [0.05, 0.1) is 11.7 Å². The Labute approximate surface area is 213 Å². The summed E-state index contributed by atoms with van der Waals surface area (Å²) in [7, 11) is 2.04. The first kappa shape index (κ1) is 24.4. The molecule has 3 aromatic heterocycles. The molecule has 2 N–H and O–H groups in total. The Morgan fingerprint density at radius 1 is 1.11 bits per heavy atom. The van der Waals surface area contributed by atoms with Crippen molar-refractivity contribution < 1.29 is 19.0 Å². The lowest BCUT2D eigenvalue weighted by Gasteiger charge is -2.32. The van der Waals surface area contributed by atoms with Crippen LogP contribution in [0.3, 0.4) is 0 Å². The van der Waals surface area contributed by atoms with Crippen molar-refractivity contribution in [2.45, 2.75) is 26.3 Å². The van der Waals surface area contributed by atoms with Gasteiger partial charge in [-0.05, 0) is 36.4 Å². The number of hydrogen-bond acceptors (Lipinski definition) is 10. The third kappa shape index (κ3) is 5.14. The summed E-state index contributed by atoms with van der Waals surface area (Å²) in [6.07, 6.45) is 1.95. The van der Waals surface area contributed by atoms with Gasteiger partial charge in [-0.1, -0.05) is 12.1 Å². The van der Waals surface area contributed by atoms with Crippen molar-refractivity contribution in [1.29, 1.82) is 0 Å². The van der Waals surface area contributed by atoms with Crippen molar-refractivity contribution >= 4 is 28.5 Å². The molecule has 37 heavy (non-hydrogen) atoms. The molecular weight excluding hydrogens is 476 g/mol. The number of pyridine rings is 1. The van der Waals surface area contributed by atoms with E-state index in [-0.39, 0.29) is 30.3 Å². The average molecular weight is 505 g/mol. The van der Waals surface area contributed by atoms with E-state index >= 15 is 0 Å². The van der Waals surface area contributed by atoms with Gasteiger partial charge < -0.3 is 24.8 Å². The highest BCUT2D eigenvalue weighted by Gasteiger charge is 2.21. The van der Waals surface area contributed by atoms with Crippen molar-refractivity contribution in [2.75, 3.05) is 39.0 Å². The van der Waals surface area contributed by atoms with Crippen LogP contribution in [-0.2, 0) is 11.3 Å². The minimum absolute atomic E-state index is 0.0152. The summed E-state index contributed by atoms with van der Waals surface area (Å²) in [5, 5.41) is 7.49. The summed E-state index contributed by atoms with van der Waals surface area (Å²) in [5.74, 6) is 1.39. The van der Waals surface area contributed by atoms with Crippen LogP contribution in [0, 0.1) is 0 Å². The second kappa shape index (κ2) is 10.3. The number of nitrogens with zero attached hydrogens (tertiary/aromatic N) is 7. The van der Waals surface area contributed by atoms with Gasteiger partial charge in [0.15, 0.2) is 23.1 Å². The van der Waals surface area contributed by atoms with Crippen LogP contribution >= 0.6 is 0 Å². The van der Waals surface area contributed by atoms with Gasteiger partial charge in [-0.15, -0.1) is 0 Å². The summed E-state index contributed by atoms with van der Waals surface area (Å²) < 4.78 is 12.6. The number of nitrogens with two attached hydrogens (primary N) is 1. The Morgan fingerprint density at radius 3 is 2.65 bits per heavy atom. The highest BCUT2D eigenvalue weighted by Crippen LogP contribution is 2.29. The molecule has 0 atom stereocenters. The zero-order valence-corrected chi connectivity index (χ0v) is 20.8. The zero-order valence-electron chi connectivity index (χ0n) is 20.8. The molecule has 1 aliphatic rings. The average Bonchev–Trinajstić information content (AvgIpc) is 3.49. The van der Waals surface area contributed by atoms with E-state index in [9.17, 15) is 9.59 Å². The molecule has 0 bridgehead atoms. The number of rotatable bonds is 8. The van der Waals surface area contributed by atoms with Gasteiger partial charge in [-0.2, -0.15) is 0 Å². The number of aryl methyl sites for hydroxylation is 1. The number of carbonyl (C=O) groups is 2. The summed E-state index contributed by atoms with van der Waals surface area (Å²) >= 11 is 0. The number of imidazole rings is 1. The fraction of sp³-hybridized carbons (Fsp3) is 0.360. The first-order chi connectivity index (χ1) is 17.9. The minimum atomic E-state index is -0.108. The number of nitrogen functional groups attached to an aromatic ring is 1. The smallest absolute Gasteiger partial charge is 0.223 e. The number of aromatic nitrogens is 5. The van der Waals surface area contributed by atoms with Crippen LogP contribution in [-0.4, -0.2) is 79.6 Å². The topological polar surface area (TPSA) is 146 Å². The number of ether oxygens (including phenoxy) is 1. The van der Waals surface area contributed by atoms with Gasteiger partial charge in [0.25, 0.3) is 0 Å². The van der Waals surface area contributed by atoms with Crippen molar-refractivity contribution in [1.82, 2.24) is 34.6 Å². The summed E-state index contributed by atoms with van der Waals surface area (Å²) in [4.78, 5) is 38.2. The normalized spacial score (nSPS) is 14.3. The van der Waals surface area contributed by atoms with Gasteiger partial charge in [0.2, 0.25) is 11.8 Å². The largest absolute Gasteiger partial charge is 0.439 e. The number of fused-ring (bicyclic) bond motifs is 1. The molecule has 192 valence electrons. The Morgan fingerprint density at radius 2 is 1.92 bits per heavy atom. The molecule has 0 spiro atoms. The van der Waals surface area contributed by atoms with Crippen LogP contribution in [0.1, 0.15) is 30.1 Å². The van der Waals surface area contributed by atoms with Crippen LogP contribution in [0.5, 0.6) is 11.6 Å². The van der Waals surface area contributed by atoms with Crippen molar-refractivity contribution in [2.24, 2.45) is 0 Å². The van der Waals surface area contributed by atoms with Crippen LogP contribution in [0.4, 0.5) is 5.82 Å². The molecular formula is C25H28N8O4. The van der Waals surface area contributed by atoms with E-state index < -0.39 is 0 Å². The monoisotopic (exact) mass is 504 g/mol. The summed E-state index contributed by atoms with van der Waals surface area (Å²) in [5.41, 5.74) is 8.12. The lowest BCUT2D eigenvalue weighted by molar-refractivity contribution is -0.132. The highest BCUT2D eigenvalue weighted by atomic mass is 16.6. The molecule has 1 aromatic carbocycles. The third-order valence-corrected chi connectivity index (χ3v) is 6.45. The Balaban J connectivity index is 1.28. The maximum Gasteiger partial charge on any atom is 0.223 e. The van der Waals surface area contributed by atoms with E-state index in [4.69, 9.17) is 15.1 Å². The van der Waals surface area contributed by atoms with E-state index in [2.05, 4.69) is 25.2 Å². The maximum atomic E-state index is 12.8. The van der Waals surface area contributed by atoms with E-state index in [1.54, 1.807) is 36.5 Å². The SMILES string of the molecule is CCn1c(-c2nonc2N)nc2cnc(Oc3cccc(C(=O)CCC(=O)N4CCN(C)CC4)c3)cc21. The predicted octanol–water partition coefficient (Wildman–Crippen LogP) is 2.61. The first-order valence-electron chi connectivity index (χ1n) is 12.1. The Kier molecular flexibility index (Phi) is 6.82. The maximum absolute atomic E-state index is 12.8. The molecule has 1 fully saturated rings. The molecule has 0 unspecified atom stereocenters. The predicted molar refractivity (Wildman–Crippen MR) is 135 cm³/mol. The molecule has 0 aliphatic carbocycles. The fourth-order valence-electron chi connectivity index (χ4n) is 4.35. The van der Waals surface area contributed by atoms with Crippen molar-refractivity contribution in [3.05, 3.63) is 42.1 Å². The second-order valence-corrected chi connectivity index (χ2v) is 8.93. The minimum Gasteiger partial charge on any atom is -0.439 e. The molecule has 0 saturated carbocycles. The third-order valence-electron chi connectivity index (χ3n) is 6.45. The molecule has 1 aliphatic heterocycles. The quantitative estimate of drug-likeness (QED) is 0.355. The number of amides is 1. The molecule has 1 saturated heterocycles. The molecule has 4 heterocycles. The lowest BCUT2D eigenvalue weighted by Crippen LogP contribution is -2.47. The van der Waals surface area contributed by atoms with Gasteiger partial charge in [-0.25, -0.2) is 14.6 Å². The van der Waals surface area contributed by atoms with Gasteiger partial charge in [0, 0.05) is 57.2 Å². The number of piperazine rings is 1. The van der Waals surface area contributed by atoms with Crippen LogP contribution in [0.15, 0.2) is 41.2 Å².